The second-order valence-electron chi connectivity index (χ2n) is 5.34. The lowest BCUT2D eigenvalue weighted by atomic mass is 10.2. The maximum Gasteiger partial charge on any atom is 0.573 e. The highest BCUT2D eigenvalue weighted by Crippen LogP contribution is 2.24. The Balaban J connectivity index is 1.52. The largest absolute Gasteiger partial charge is 0.573 e. The summed E-state index contributed by atoms with van der Waals surface area (Å²) in [6.45, 7) is 0.874. The predicted molar refractivity (Wildman–Crippen MR) is 78.1 cm³/mol. The molecule has 0 aliphatic carbocycles. The van der Waals surface area contributed by atoms with Gasteiger partial charge in [0.2, 0.25) is 0 Å². The van der Waals surface area contributed by atoms with Crippen molar-refractivity contribution in [3.05, 3.63) is 48.0 Å². The number of nitrogens with zero attached hydrogens (tertiary/aromatic N) is 2. The number of nitrogens with one attached hydrogen (secondary N) is 2. The van der Waals surface area contributed by atoms with Gasteiger partial charge in [-0.15, -0.1) is 13.2 Å². The first-order valence-corrected chi connectivity index (χ1v) is 7.31. The lowest BCUT2D eigenvalue weighted by Gasteiger charge is -2.13. The zero-order valence-corrected chi connectivity index (χ0v) is 12.5. The van der Waals surface area contributed by atoms with Crippen molar-refractivity contribution in [3.63, 3.8) is 0 Å². The van der Waals surface area contributed by atoms with Crippen LogP contribution in [0.25, 0.3) is 0 Å². The number of hydrogen-bond donors (Lipinski definition) is 2. The number of aromatic nitrogens is 2. The van der Waals surface area contributed by atoms with E-state index in [0.717, 1.165) is 18.8 Å². The summed E-state index contributed by atoms with van der Waals surface area (Å²) in [4.78, 5) is 16.1. The van der Waals surface area contributed by atoms with Crippen molar-refractivity contribution in [3.8, 4) is 5.75 Å². The average molecular weight is 340 g/mol. The van der Waals surface area contributed by atoms with Gasteiger partial charge >= 0.3 is 12.4 Å². The molecule has 6 nitrogen and oxygen atoms in total. The summed E-state index contributed by atoms with van der Waals surface area (Å²) in [7, 11) is 0. The Labute approximate surface area is 135 Å². The maximum atomic E-state index is 12.2. The van der Waals surface area contributed by atoms with Gasteiger partial charge in [-0.3, -0.25) is 0 Å². The lowest BCUT2D eigenvalue weighted by Crippen LogP contribution is -2.37. The molecule has 2 amide bonds. The molecule has 1 aliphatic heterocycles. The van der Waals surface area contributed by atoms with Gasteiger partial charge in [0.25, 0.3) is 0 Å². The second-order valence-corrected chi connectivity index (χ2v) is 5.34. The van der Waals surface area contributed by atoms with Crippen LogP contribution in [0.1, 0.15) is 23.9 Å². The highest BCUT2D eigenvalue weighted by Gasteiger charge is 2.31. The number of fused-ring (bicyclic) bond motifs is 1. The summed E-state index contributed by atoms with van der Waals surface area (Å²) < 4.78 is 42.4. The van der Waals surface area contributed by atoms with Gasteiger partial charge in [0, 0.05) is 25.5 Å². The van der Waals surface area contributed by atoms with E-state index in [0.29, 0.717) is 5.56 Å². The Kier molecular flexibility index (Phi) is 4.32. The van der Waals surface area contributed by atoms with E-state index in [2.05, 4.69) is 20.4 Å². The number of ether oxygens (including phenoxy) is 1. The standard InChI is InChI=1S/C15H15F3N4O2/c16-15(17,18)24-11-3-1-2-10(8-11)9-20-14(23)21-12-4-6-22-7-5-19-13(12)22/h1-3,5,7-8,12H,4,6,9H2,(H2,20,21,23). The number of benzene rings is 1. The van der Waals surface area contributed by atoms with Crippen LogP contribution in [-0.4, -0.2) is 21.9 Å². The van der Waals surface area contributed by atoms with Crippen LogP contribution >= 0.6 is 0 Å². The summed E-state index contributed by atoms with van der Waals surface area (Å²) >= 11 is 0. The van der Waals surface area contributed by atoms with E-state index in [4.69, 9.17) is 0 Å². The summed E-state index contributed by atoms with van der Waals surface area (Å²) in [6, 6.07) is 4.90. The highest BCUT2D eigenvalue weighted by atomic mass is 19.4. The maximum absolute atomic E-state index is 12.2. The van der Waals surface area contributed by atoms with Crippen LogP contribution < -0.4 is 15.4 Å². The molecule has 1 aromatic heterocycles. The number of carbonyl (C=O) groups is 1. The average Bonchev–Trinajstić information content (AvgIpc) is 3.09. The molecular weight excluding hydrogens is 325 g/mol. The molecule has 0 saturated heterocycles. The van der Waals surface area contributed by atoms with Crippen LogP contribution in [0.3, 0.4) is 0 Å². The molecular formula is C15H15F3N4O2. The SMILES string of the molecule is O=C(NCc1cccc(OC(F)(F)F)c1)NC1CCn2ccnc21. The number of rotatable bonds is 4. The molecule has 9 heteroatoms. The van der Waals surface area contributed by atoms with Crippen molar-refractivity contribution >= 4 is 6.03 Å². The lowest BCUT2D eigenvalue weighted by molar-refractivity contribution is -0.274. The second kappa shape index (κ2) is 6.42. The zero-order valence-electron chi connectivity index (χ0n) is 12.5. The van der Waals surface area contributed by atoms with E-state index >= 15 is 0 Å². The minimum Gasteiger partial charge on any atom is -0.406 e. The number of amides is 2. The Hall–Kier alpha value is -2.71. The van der Waals surface area contributed by atoms with Gasteiger partial charge in [0.1, 0.15) is 11.6 Å². The van der Waals surface area contributed by atoms with Gasteiger partial charge in [0.15, 0.2) is 0 Å². The molecule has 1 unspecified atom stereocenters. The first kappa shape index (κ1) is 16.2. The van der Waals surface area contributed by atoms with Crippen LogP contribution in [0.4, 0.5) is 18.0 Å². The van der Waals surface area contributed by atoms with Gasteiger partial charge in [0.05, 0.1) is 6.04 Å². The first-order valence-electron chi connectivity index (χ1n) is 7.31. The van der Waals surface area contributed by atoms with E-state index in [-0.39, 0.29) is 18.3 Å². The first-order chi connectivity index (χ1) is 11.4. The fraction of sp³-hybridized carbons (Fsp3) is 0.333. The van der Waals surface area contributed by atoms with E-state index in [1.165, 1.54) is 18.2 Å². The summed E-state index contributed by atoms with van der Waals surface area (Å²) in [5.41, 5.74) is 0.500. The number of aryl methyl sites for hydroxylation is 1. The molecule has 0 fully saturated rings. The number of hydrogen-bond acceptors (Lipinski definition) is 3. The van der Waals surface area contributed by atoms with Crippen LogP contribution in [0, 0.1) is 0 Å². The van der Waals surface area contributed by atoms with Crippen molar-refractivity contribution in [1.29, 1.82) is 0 Å². The summed E-state index contributed by atoms with van der Waals surface area (Å²) in [6.07, 6.45) is -0.465. The summed E-state index contributed by atoms with van der Waals surface area (Å²) in [5.74, 6) is 0.478. The molecule has 2 aromatic rings. The van der Waals surface area contributed by atoms with E-state index in [1.807, 2.05) is 10.8 Å². The Bertz CT molecular complexity index is 730. The molecule has 0 spiro atoms. The number of halogens is 3. The molecule has 0 bridgehead atoms. The monoisotopic (exact) mass is 340 g/mol. The predicted octanol–water partition coefficient (Wildman–Crippen LogP) is 2.73. The Morgan fingerprint density at radius 3 is 3.04 bits per heavy atom. The molecule has 24 heavy (non-hydrogen) atoms. The number of alkyl halides is 3. The van der Waals surface area contributed by atoms with Crippen LogP contribution in [-0.2, 0) is 13.1 Å². The number of urea groups is 1. The minimum absolute atomic E-state index is 0.0854. The fourth-order valence-electron chi connectivity index (χ4n) is 2.60. The topological polar surface area (TPSA) is 68.2 Å². The Morgan fingerprint density at radius 2 is 2.25 bits per heavy atom. The van der Waals surface area contributed by atoms with Gasteiger partial charge in [-0.25, -0.2) is 9.78 Å². The van der Waals surface area contributed by atoms with Gasteiger partial charge in [-0.2, -0.15) is 0 Å². The van der Waals surface area contributed by atoms with Crippen molar-refractivity contribution in [2.75, 3.05) is 0 Å². The van der Waals surface area contributed by atoms with Crippen LogP contribution in [0.2, 0.25) is 0 Å². The van der Waals surface area contributed by atoms with Gasteiger partial charge in [-0.1, -0.05) is 12.1 Å². The van der Waals surface area contributed by atoms with Crippen molar-refractivity contribution in [2.24, 2.45) is 0 Å². The van der Waals surface area contributed by atoms with Gasteiger partial charge in [-0.05, 0) is 24.1 Å². The van der Waals surface area contributed by atoms with Crippen LogP contribution in [0.5, 0.6) is 5.75 Å². The van der Waals surface area contributed by atoms with Crippen molar-refractivity contribution in [2.45, 2.75) is 31.9 Å². The smallest absolute Gasteiger partial charge is 0.406 e. The molecule has 2 heterocycles. The van der Waals surface area contributed by atoms with E-state index in [1.54, 1.807) is 12.3 Å². The molecule has 0 radical (unpaired) electrons. The van der Waals surface area contributed by atoms with E-state index in [9.17, 15) is 18.0 Å². The third-order valence-corrected chi connectivity index (χ3v) is 3.61. The quantitative estimate of drug-likeness (QED) is 0.899. The third-order valence-electron chi connectivity index (χ3n) is 3.61. The molecule has 0 saturated carbocycles. The fourth-order valence-corrected chi connectivity index (χ4v) is 2.60. The highest BCUT2D eigenvalue weighted by molar-refractivity contribution is 5.74. The molecule has 1 aromatic carbocycles. The normalized spacial score (nSPS) is 16.5. The summed E-state index contributed by atoms with van der Waals surface area (Å²) in [5, 5.41) is 5.41. The zero-order chi connectivity index (χ0) is 17.2. The van der Waals surface area contributed by atoms with Crippen molar-refractivity contribution < 1.29 is 22.7 Å². The molecule has 1 aliphatic rings. The van der Waals surface area contributed by atoms with E-state index < -0.39 is 12.4 Å². The van der Waals surface area contributed by atoms with Gasteiger partial charge < -0.3 is 19.9 Å². The Morgan fingerprint density at radius 1 is 1.42 bits per heavy atom. The molecule has 3 rings (SSSR count). The third kappa shape index (κ3) is 3.98. The van der Waals surface area contributed by atoms with Crippen LogP contribution in [0.15, 0.2) is 36.7 Å². The number of carbonyl (C=O) groups excluding carboxylic acids is 1. The minimum atomic E-state index is -4.74. The van der Waals surface area contributed by atoms with Crippen molar-refractivity contribution in [1.82, 2.24) is 20.2 Å². The molecule has 128 valence electrons. The molecule has 1 atom stereocenters. The molecule has 2 N–H and O–H groups in total. The number of imidazole rings is 1.